The van der Waals surface area contributed by atoms with Crippen LogP contribution >= 0.6 is 15.9 Å². The van der Waals surface area contributed by atoms with E-state index in [1.54, 1.807) is 6.07 Å². The normalized spacial score (nSPS) is 24.2. The van der Waals surface area contributed by atoms with E-state index in [0.717, 1.165) is 12.1 Å². The summed E-state index contributed by atoms with van der Waals surface area (Å²) < 4.78 is 76.0. The molecule has 2 fully saturated rings. The first-order valence-corrected chi connectivity index (χ1v) is 11.9. The summed E-state index contributed by atoms with van der Waals surface area (Å²) in [7, 11) is 0. The molecule has 13 heteroatoms. The van der Waals surface area contributed by atoms with E-state index in [-0.39, 0.29) is 16.7 Å². The Kier molecular flexibility index (Phi) is 6.06. The van der Waals surface area contributed by atoms with Crippen LogP contribution in [-0.2, 0) is 26.4 Å². The van der Waals surface area contributed by atoms with Gasteiger partial charge in [-0.25, -0.2) is 13.6 Å². The zero-order valence-electron chi connectivity index (χ0n) is 18.9. The lowest BCUT2D eigenvalue weighted by Gasteiger charge is -2.50. The molecule has 0 bridgehead atoms. The minimum atomic E-state index is -4.89. The number of imide groups is 1. The van der Waals surface area contributed by atoms with Crippen LogP contribution in [0.2, 0.25) is 0 Å². The first kappa shape index (κ1) is 25.6. The summed E-state index contributed by atoms with van der Waals surface area (Å²) >= 11 is 3.23. The van der Waals surface area contributed by atoms with Crippen LogP contribution < -0.4 is 5.32 Å². The number of halogens is 6. The van der Waals surface area contributed by atoms with Gasteiger partial charge in [0.15, 0.2) is 5.54 Å². The third-order valence-corrected chi connectivity index (χ3v) is 7.54. The maximum absolute atomic E-state index is 14.8. The van der Waals surface area contributed by atoms with Crippen LogP contribution in [0.15, 0.2) is 46.9 Å². The molecule has 2 atom stereocenters. The number of benzene rings is 2. The summed E-state index contributed by atoms with van der Waals surface area (Å²) in [6, 6.07) is 8.06. The molecular formula is C24H19BrF5N3O4. The lowest BCUT2D eigenvalue weighted by atomic mass is 9.91. The molecule has 0 unspecified atom stereocenters. The number of ether oxygens (including phenoxy) is 1. The Labute approximate surface area is 215 Å². The fourth-order valence-corrected chi connectivity index (χ4v) is 5.38. The van der Waals surface area contributed by atoms with Crippen molar-refractivity contribution in [1.29, 1.82) is 0 Å². The molecule has 4 amide bonds. The highest BCUT2D eigenvalue weighted by Crippen LogP contribution is 2.49. The molecule has 2 aromatic carbocycles. The van der Waals surface area contributed by atoms with E-state index in [1.807, 2.05) is 0 Å². The van der Waals surface area contributed by atoms with Crippen LogP contribution in [0.4, 0.5) is 26.7 Å². The molecule has 37 heavy (non-hydrogen) atoms. The number of alkyl halides is 4. The summed E-state index contributed by atoms with van der Waals surface area (Å²) in [4.78, 5) is 40.6. The van der Waals surface area contributed by atoms with Gasteiger partial charge in [-0.15, -0.1) is 0 Å². The SMILES string of the molecule is O=C1N[C@]2(C[C@@H](F)c3cc(Br)ccc32)C(=O)N1CC(=O)N(Cc1ccc(F)cc1)C1(C(F)(F)F)COC1. The highest BCUT2D eigenvalue weighted by atomic mass is 79.9. The van der Waals surface area contributed by atoms with Crippen LogP contribution in [0.1, 0.15) is 29.3 Å². The second-order valence-electron chi connectivity index (χ2n) is 9.26. The Balaban J connectivity index is 1.45. The second-order valence-corrected chi connectivity index (χ2v) is 10.2. The van der Waals surface area contributed by atoms with Gasteiger partial charge < -0.3 is 15.0 Å². The number of fused-ring (bicyclic) bond motifs is 2. The molecule has 1 aliphatic carbocycles. The molecule has 0 aromatic heterocycles. The van der Waals surface area contributed by atoms with Crippen molar-refractivity contribution in [2.75, 3.05) is 19.8 Å². The average molecular weight is 588 g/mol. The third-order valence-electron chi connectivity index (χ3n) is 7.05. The summed E-state index contributed by atoms with van der Waals surface area (Å²) in [6.07, 6.45) is -6.88. The molecule has 7 nitrogen and oxygen atoms in total. The minimum absolute atomic E-state index is 0.191. The highest BCUT2D eigenvalue weighted by molar-refractivity contribution is 9.10. The van der Waals surface area contributed by atoms with Crippen molar-refractivity contribution in [1.82, 2.24) is 15.1 Å². The summed E-state index contributed by atoms with van der Waals surface area (Å²) in [5, 5.41) is 2.46. The molecule has 1 N–H and O–H groups in total. The van der Waals surface area contributed by atoms with E-state index in [2.05, 4.69) is 21.2 Å². The first-order valence-electron chi connectivity index (χ1n) is 11.2. The topological polar surface area (TPSA) is 79.0 Å². The van der Waals surface area contributed by atoms with Crippen molar-refractivity contribution < 1.29 is 41.1 Å². The van der Waals surface area contributed by atoms with Crippen LogP contribution in [0, 0.1) is 5.82 Å². The highest BCUT2D eigenvalue weighted by Gasteiger charge is 2.65. The quantitative estimate of drug-likeness (QED) is 0.422. The number of amides is 4. The molecule has 196 valence electrons. The molecular weight excluding hydrogens is 569 g/mol. The van der Waals surface area contributed by atoms with Gasteiger partial charge in [0.2, 0.25) is 5.91 Å². The Morgan fingerprint density at radius 1 is 1.16 bits per heavy atom. The van der Waals surface area contributed by atoms with Gasteiger partial charge in [-0.3, -0.25) is 14.5 Å². The molecule has 0 radical (unpaired) electrons. The largest absolute Gasteiger partial charge is 0.416 e. The van der Waals surface area contributed by atoms with Gasteiger partial charge >= 0.3 is 12.2 Å². The van der Waals surface area contributed by atoms with Crippen molar-refractivity contribution in [2.24, 2.45) is 0 Å². The number of carbonyl (C=O) groups is 3. The number of rotatable bonds is 5. The van der Waals surface area contributed by atoms with Gasteiger partial charge in [0.25, 0.3) is 5.91 Å². The lowest BCUT2D eigenvalue weighted by Crippen LogP contribution is -2.72. The number of nitrogens with one attached hydrogen (secondary N) is 1. The van der Waals surface area contributed by atoms with Crippen molar-refractivity contribution >= 4 is 33.8 Å². The van der Waals surface area contributed by atoms with Crippen LogP contribution in [0.3, 0.4) is 0 Å². The fourth-order valence-electron chi connectivity index (χ4n) is 5.00. The zero-order chi connectivity index (χ0) is 26.8. The summed E-state index contributed by atoms with van der Waals surface area (Å²) in [5.41, 5.74) is -3.84. The van der Waals surface area contributed by atoms with E-state index in [0.29, 0.717) is 14.3 Å². The molecule has 3 aliphatic rings. The number of urea groups is 1. The number of hydrogen-bond acceptors (Lipinski definition) is 4. The third kappa shape index (κ3) is 3.99. The van der Waals surface area contributed by atoms with Gasteiger partial charge in [0.05, 0.1) is 13.2 Å². The fraction of sp³-hybridized carbons (Fsp3) is 0.375. The van der Waals surface area contributed by atoms with Crippen molar-refractivity contribution in [2.45, 2.75) is 36.4 Å². The van der Waals surface area contributed by atoms with Crippen molar-refractivity contribution in [3.63, 3.8) is 0 Å². The van der Waals surface area contributed by atoms with Crippen molar-refractivity contribution in [3.05, 3.63) is 69.4 Å². The second kappa shape index (κ2) is 8.76. The molecule has 2 aromatic rings. The van der Waals surface area contributed by atoms with Gasteiger partial charge in [0, 0.05) is 17.4 Å². The van der Waals surface area contributed by atoms with E-state index in [4.69, 9.17) is 4.74 Å². The van der Waals surface area contributed by atoms with Gasteiger partial charge in [-0.2, -0.15) is 13.2 Å². The van der Waals surface area contributed by atoms with Crippen LogP contribution in [0.5, 0.6) is 0 Å². The maximum Gasteiger partial charge on any atom is 0.416 e. The van der Waals surface area contributed by atoms with Crippen LogP contribution in [0.25, 0.3) is 0 Å². The van der Waals surface area contributed by atoms with Crippen molar-refractivity contribution in [3.8, 4) is 0 Å². The standard InChI is InChI=1S/C24H19BrF5N3O4/c25-14-3-6-17-16(7-14)18(27)8-23(17)20(35)32(21(36)31-23)10-19(34)33(9-13-1-4-15(26)5-2-13)22(11-37-12-22)24(28,29)30/h1-7,18H,8-12H2,(H,31,36)/t18-,23+/m1/s1. The molecule has 5 rings (SSSR count). The van der Waals surface area contributed by atoms with Gasteiger partial charge in [-0.05, 0) is 41.0 Å². The Morgan fingerprint density at radius 3 is 2.43 bits per heavy atom. The number of nitrogens with zero attached hydrogens (tertiary/aromatic N) is 2. The predicted octanol–water partition coefficient (Wildman–Crippen LogP) is 4.11. The molecule has 0 saturated carbocycles. The lowest BCUT2D eigenvalue weighted by molar-refractivity contribution is -0.302. The van der Waals surface area contributed by atoms with Gasteiger partial charge in [-0.1, -0.05) is 34.1 Å². The van der Waals surface area contributed by atoms with E-state index in [1.165, 1.54) is 24.3 Å². The molecule has 1 spiro atoms. The molecule has 2 heterocycles. The minimum Gasteiger partial charge on any atom is -0.376 e. The smallest absolute Gasteiger partial charge is 0.376 e. The van der Waals surface area contributed by atoms with E-state index in [9.17, 15) is 36.3 Å². The first-order chi connectivity index (χ1) is 17.4. The van der Waals surface area contributed by atoms with Gasteiger partial charge in [0.1, 0.15) is 24.1 Å². The van der Waals surface area contributed by atoms with E-state index >= 15 is 0 Å². The summed E-state index contributed by atoms with van der Waals surface area (Å²) in [5.74, 6) is -2.71. The number of carbonyl (C=O) groups excluding carboxylic acids is 3. The Bertz CT molecular complexity index is 1280. The molecule has 2 saturated heterocycles. The number of hydrogen-bond donors (Lipinski definition) is 1. The van der Waals surface area contributed by atoms with E-state index < -0.39 is 79.8 Å². The maximum atomic E-state index is 14.8. The average Bonchev–Trinajstić information content (AvgIpc) is 3.19. The molecule has 2 aliphatic heterocycles. The Hall–Kier alpha value is -3.06. The summed E-state index contributed by atoms with van der Waals surface area (Å²) in [6.45, 7) is -3.24. The zero-order valence-corrected chi connectivity index (χ0v) is 20.5. The monoisotopic (exact) mass is 587 g/mol. The predicted molar refractivity (Wildman–Crippen MR) is 121 cm³/mol. The van der Waals surface area contributed by atoms with Crippen LogP contribution in [-0.4, -0.2) is 59.1 Å². The Morgan fingerprint density at radius 2 is 1.84 bits per heavy atom.